The van der Waals surface area contributed by atoms with Crippen molar-refractivity contribution in [3.05, 3.63) is 54.1 Å². The zero-order valence-corrected chi connectivity index (χ0v) is 16.8. The van der Waals surface area contributed by atoms with Crippen LogP contribution in [0.5, 0.6) is 11.5 Å². The molecule has 2 aliphatic heterocycles. The predicted molar refractivity (Wildman–Crippen MR) is 111 cm³/mol. The van der Waals surface area contributed by atoms with Crippen molar-refractivity contribution in [2.24, 2.45) is 4.99 Å². The highest BCUT2D eigenvalue weighted by atomic mass is 32.2. The fourth-order valence-electron chi connectivity index (χ4n) is 3.12. The van der Waals surface area contributed by atoms with Gasteiger partial charge in [0.1, 0.15) is 0 Å². The average molecular weight is 411 g/mol. The first-order valence-electron chi connectivity index (χ1n) is 9.41. The average Bonchev–Trinajstić information content (AvgIpc) is 3.19. The minimum Gasteiger partial charge on any atom is -0.454 e. The minimum absolute atomic E-state index is 0.132. The van der Waals surface area contributed by atoms with Gasteiger partial charge in [-0.25, -0.2) is 4.99 Å². The van der Waals surface area contributed by atoms with Gasteiger partial charge in [-0.05, 0) is 36.8 Å². The Balaban J connectivity index is 1.62. The number of para-hydroxylation sites is 1. The molecule has 0 aliphatic carbocycles. The fraction of sp³-hybridized carbons (Fsp3) is 0.286. The fourth-order valence-corrected chi connectivity index (χ4v) is 4.24. The summed E-state index contributed by atoms with van der Waals surface area (Å²) in [5, 5.41) is 2.82. The lowest BCUT2D eigenvalue weighted by Crippen LogP contribution is -2.46. The zero-order chi connectivity index (χ0) is 20.2. The van der Waals surface area contributed by atoms with E-state index in [2.05, 4.69) is 10.3 Å². The first-order valence-corrected chi connectivity index (χ1v) is 10.3. The van der Waals surface area contributed by atoms with E-state index in [0.29, 0.717) is 29.8 Å². The van der Waals surface area contributed by atoms with Crippen LogP contribution in [0.2, 0.25) is 0 Å². The van der Waals surface area contributed by atoms with Gasteiger partial charge in [0, 0.05) is 13.0 Å². The highest BCUT2D eigenvalue weighted by Crippen LogP contribution is 2.34. The molecule has 1 unspecified atom stereocenters. The number of carbonyl (C=O) groups excluding carboxylic acids is 2. The maximum atomic E-state index is 12.9. The number of carbonyl (C=O) groups is 2. The van der Waals surface area contributed by atoms with Gasteiger partial charge in [-0.1, -0.05) is 36.0 Å². The van der Waals surface area contributed by atoms with Gasteiger partial charge in [-0.3, -0.25) is 14.5 Å². The molecule has 8 heteroatoms. The number of rotatable bonds is 5. The molecule has 0 bridgehead atoms. The molecule has 2 aliphatic rings. The van der Waals surface area contributed by atoms with Crippen LogP contribution in [-0.2, 0) is 16.1 Å². The van der Waals surface area contributed by atoms with Gasteiger partial charge in [-0.15, -0.1) is 0 Å². The molecule has 2 amide bonds. The highest BCUT2D eigenvalue weighted by Gasteiger charge is 2.36. The largest absolute Gasteiger partial charge is 0.454 e. The van der Waals surface area contributed by atoms with Gasteiger partial charge in [0.05, 0.1) is 17.5 Å². The number of hydrogen-bond acceptors (Lipinski definition) is 6. The smallest absolute Gasteiger partial charge is 0.234 e. The molecule has 1 fully saturated rings. The number of hydrogen-bond donors (Lipinski definition) is 1. The SMILES string of the molecule is CCNC(=O)C1CC(=O)N(Cc2ccc3c(c2)OCO3)C(=Nc2ccccc2)S1. The van der Waals surface area contributed by atoms with Crippen molar-refractivity contribution < 1.29 is 19.1 Å². The van der Waals surface area contributed by atoms with Crippen molar-refractivity contribution in [3.63, 3.8) is 0 Å². The van der Waals surface area contributed by atoms with Crippen LogP contribution in [0.1, 0.15) is 18.9 Å². The Kier molecular flexibility index (Phi) is 5.71. The Morgan fingerprint density at radius 1 is 1.21 bits per heavy atom. The Bertz CT molecular complexity index is 948. The molecular formula is C21H21N3O4S. The summed E-state index contributed by atoms with van der Waals surface area (Å²) in [6.45, 7) is 2.93. The van der Waals surface area contributed by atoms with Crippen molar-refractivity contribution in [2.45, 2.75) is 25.1 Å². The van der Waals surface area contributed by atoms with E-state index < -0.39 is 5.25 Å². The summed E-state index contributed by atoms with van der Waals surface area (Å²) in [5.41, 5.74) is 1.63. The summed E-state index contributed by atoms with van der Waals surface area (Å²) >= 11 is 1.32. The molecule has 1 N–H and O–H groups in total. The maximum absolute atomic E-state index is 12.9. The quantitative estimate of drug-likeness (QED) is 0.818. The van der Waals surface area contributed by atoms with Crippen molar-refractivity contribution in [2.75, 3.05) is 13.3 Å². The van der Waals surface area contributed by atoms with Gasteiger partial charge in [0.2, 0.25) is 18.6 Å². The Labute approximate surface area is 173 Å². The van der Waals surface area contributed by atoms with E-state index in [-0.39, 0.29) is 25.0 Å². The standard InChI is InChI=1S/C21H21N3O4S/c1-2-22-20(26)18-11-19(25)24(21(29-18)23-15-6-4-3-5-7-15)12-14-8-9-16-17(10-14)28-13-27-16/h3-10,18H,2,11-13H2,1H3,(H,22,26). The minimum atomic E-state index is -0.488. The van der Waals surface area contributed by atoms with E-state index in [4.69, 9.17) is 9.47 Å². The summed E-state index contributed by atoms with van der Waals surface area (Å²) in [5.74, 6) is 1.09. The third-order valence-electron chi connectivity index (χ3n) is 4.54. The first-order chi connectivity index (χ1) is 14.1. The molecule has 150 valence electrons. The van der Waals surface area contributed by atoms with Gasteiger partial charge in [0.15, 0.2) is 16.7 Å². The van der Waals surface area contributed by atoms with Crippen molar-refractivity contribution in [3.8, 4) is 11.5 Å². The molecule has 2 aromatic carbocycles. The Hall–Kier alpha value is -3.00. The van der Waals surface area contributed by atoms with Crippen LogP contribution in [0, 0.1) is 0 Å². The molecule has 1 saturated heterocycles. The monoisotopic (exact) mass is 411 g/mol. The number of fused-ring (bicyclic) bond motifs is 1. The predicted octanol–water partition coefficient (Wildman–Crippen LogP) is 3.07. The van der Waals surface area contributed by atoms with Crippen LogP contribution in [0.25, 0.3) is 0 Å². The third kappa shape index (κ3) is 4.37. The van der Waals surface area contributed by atoms with E-state index in [1.807, 2.05) is 55.5 Å². The number of benzene rings is 2. The number of aliphatic imine (C=N–C) groups is 1. The number of amides is 2. The van der Waals surface area contributed by atoms with E-state index in [1.165, 1.54) is 11.8 Å². The van der Waals surface area contributed by atoms with Crippen LogP contribution in [-0.4, -0.2) is 40.5 Å². The number of ether oxygens (including phenoxy) is 2. The van der Waals surface area contributed by atoms with Gasteiger partial charge < -0.3 is 14.8 Å². The van der Waals surface area contributed by atoms with E-state index in [0.717, 1.165) is 11.3 Å². The molecule has 0 radical (unpaired) electrons. The molecule has 29 heavy (non-hydrogen) atoms. The lowest BCUT2D eigenvalue weighted by molar-refractivity contribution is -0.130. The molecule has 1 atom stereocenters. The molecule has 2 heterocycles. The third-order valence-corrected chi connectivity index (χ3v) is 5.73. The van der Waals surface area contributed by atoms with E-state index >= 15 is 0 Å². The topological polar surface area (TPSA) is 80.2 Å². The van der Waals surface area contributed by atoms with Crippen LogP contribution in [0.15, 0.2) is 53.5 Å². The highest BCUT2D eigenvalue weighted by molar-refractivity contribution is 8.15. The summed E-state index contributed by atoms with van der Waals surface area (Å²) in [7, 11) is 0. The number of nitrogens with one attached hydrogen (secondary N) is 1. The molecule has 7 nitrogen and oxygen atoms in total. The first kappa shape index (κ1) is 19.3. The van der Waals surface area contributed by atoms with Gasteiger partial charge in [-0.2, -0.15) is 0 Å². The molecule has 0 saturated carbocycles. The zero-order valence-electron chi connectivity index (χ0n) is 16.0. The molecule has 4 rings (SSSR count). The maximum Gasteiger partial charge on any atom is 0.234 e. The Morgan fingerprint density at radius 2 is 2.00 bits per heavy atom. The van der Waals surface area contributed by atoms with Crippen molar-refractivity contribution in [1.29, 1.82) is 0 Å². The second kappa shape index (κ2) is 8.57. The molecule has 0 aromatic heterocycles. The van der Waals surface area contributed by atoms with Gasteiger partial charge in [0.25, 0.3) is 0 Å². The lowest BCUT2D eigenvalue weighted by Gasteiger charge is -2.31. The van der Waals surface area contributed by atoms with Crippen LogP contribution in [0.4, 0.5) is 5.69 Å². The summed E-state index contributed by atoms with van der Waals surface area (Å²) in [6.07, 6.45) is 0.134. The number of thioether (sulfide) groups is 1. The number of nitrogens with zero attached hydrogens (tertiary/aromatic N) is 2. The Morgan fingerprint density at radius 3 is 2.79 bits per heavy atom. The summed E-state index contributed by atoms with van der Waals surface area (Å²) in [6, 6.07) is 15.0. The molecule has 0 spiro atoms. The van der Waals surface area contributed by atoms with Crippen LogP contribution >= 0.6 is 11.8 Å². The normalized spacial score (nSPS) is 19.5. The van der Waals surface area contributed by atoms with Crippen LogP contribution < -0.4 is 14.8 Å². The van der Waals surface area contributed by atoms with Gasteiger partial charge >= 0.3 is 0 Å². The summed E-state index contributed by atoms with van der Waals surface area (Å²) in [4.78, 5) is 31.6. The van der Waals surface area contributed by atoms with Crippen LogP contribution in [0.3, 0.4) is 0 Å². The van der Waals surface area contributed by atoms with Crippen molar-refractivity contribution in [1.82, 2.24) is 10.2 Å². The van der Waals surface area contributed by atoms with E-state index in [1.54, 1.807) is 4.90 Å². The lowest BCUT2D eigenvalue weighted by atomic mass is 10.1. The second-order valence-corrected chi connectivity index (χ2v) is 7.77. The second-order valence-electron chi connectivity index (χ2n) is 6.60. The molecular weight excluding hydrogens is 390 g/mol. The van der Waals surface area contributed by atoms with Crippen molar-refractivity contribution >= 4 is 34.4 Å². The number of amidine groups is 1. The molecule has 2 aromatic rings. The summed E-state index contributed by atoms with van der Waals surface area (Å²) < 4.78 is 10.8. The van der Waals surface area contributed by atoms with E-state index in [9.17, 15) is 9.59 Å².